The first-order valence-corrected chi connectivity index (χ1v) is 8.95. The number of nitrogens with zero attached hydrogens (tertiary/aromatic N) is 2. The van der Waals surface area contributed by atoms with Crippen molar-refractivity contribution in [2.75, 3.05) is 19.0 Å². The fourth-order valence-corrected chi connectivity index (χ4v) is 2.91. The van der Waals surface area contributed by atoms with Gasteiger partial charge in [-0.3, -0.25) is 9.59 Å². The molecule has 0 fully saturated rings. The maximum atomic E-state index is 12.9. The normalized spacial score (nSPS) is 11.5. The van der Waals surface area contributed by atoms with Crippen LogP contribution < -0.4 is 10.6 Å². The molecule has 0 aliphatic heterocycles. The SMILES string of the molecule is COCC(=O)NCc1nc2ccccc2n1CC(=O)Nc1cccc(C(F)(F)F)c1. The van der Waals surface area contributed by atoms with Crippen molar-refractivity contribution < 1.29 is 27.5 Å². The highest BCUT2D eigenvalue weighted by Crippen LogP contribution is 2.30. The van der Waals surface area contributed by atoms with Crippen LogP contribution in [-0.4, -0.2) is 35.1 Å². The molecule has 1 heterocycles. The number of carbonyl (C=O) groups is 2. The minimum Gasteiger partial charge on any atom is -0.375 e. The summed E-state index contributed by atoms with van der Waals surface area (Å²) in [6.07, 6.45) is -4.51. The highest BCUT2D eigenvalue weighted by Gasteiger charge is 2.30. The molecule has 0 aliphatic carbocycles. The Kier molecular flexibility index (Phi) is 6.36. The summed E-state index contributed by atoms with van der Waals surface area (Å²) in [5.74, 6) is -0.439. The van der Waals surface area contributed by atoms with E-state index in [0.29, 0.717) is 16.9 Å². The molecule has 0 radical (unpaired) electrons. The highest BCUT2D eigenvalue weighted by atomic mass is 19.4. The Morgan fingerprint density at radius 1 is 1.10 bits per heavy atom. The van der Waals surface area contributed by atoms with Crippen LogP contribution in [0.1, 0.15) is 11.4 Å². The second kappa shape index (κ2) is 8.95. The van der Waals surface area contributed by atoms with Gasteiger partial charge in [0.2, 0.25) is 11.8 Å². The molecular formula is C20H19F3N4O3. The third kappa shape index (κ3) is 5.15. The molecular weight excluding hydrogens is 401 g/mol. The van der Waals surface area contributed by atoms with E-state index in [1.54, 1.807) is 28.8 Å². The molecule has 0 spiro atoms. The number of amides is 2. The number of benzene rings is 2. The smallest absolute Gasteiger partial charge is 0.375 e. The number of nitrogens with one attached hydrogen (secondary N) is 2. The maximum absolute atomic E-state index is 12.9. The van der Waals surface area contributed by atoms with Crippen molar-refractivity contribution in [3.05, 3.63) is 59.9 Å². The van der Waals surface area contributed by atoms with E-state index in [1.165, 1.54) is 19.2 Å². The predicted octanol–water partition coefficient (Wildman–Crippen LogP) is 2.96. The first-order valence-electron chi connectivity index (χ1n) is 8.95. The van der Waals surface area contributed by atoms with Gasteiger partial charge in [-0.25, -0.2) is 4.98 Å². The average Bonchev–Trinajstić information content (AvgIpc) is 3.03. The molecule has 0 unspecified atom stereocenters. The third-order valence-electron chi connectivity index (χ3n) is 4.23. The van der Waals surface area contributed by atoms with Crippen molar-refractivity contribution in [1.82, 2.24) is 14.9 Å². The molecule has 2 amide bonds. The second-order valence-corrected chi connectivity index (χ2v) is 6.44. The zero-order valence-corrected chi connectivity index (χ0v) is 16.0. The Morgan fingerprint density at radius 3 is 2.60 bits per heavy atom. The monoisotopic (exact) mass is 420 g/mol. The van der Waals surface area contributed by atoms with Gasteiger partial charge in [-0.05, 0) is 30.3 Å². The summed E-state index contributed by atoms with van der Waals surface area (Å²) in [6.45, 7) is -0.240. The Hall–Kier alpha value is -3.40. The average molecular weight is 420 g/mol. The number of alkyl halides is 3. The molecule has 3 aromatic rings. The molecule has 1 aromatic heterocycles. The molecule has 3 rings (SSSR count). The summed E-state index contributed by atoms with van der Waals surface area (Å²) >= 11 is 0. The number of hydrogen-bond donors (Lipinski definition) is 2. The van der Waals surface area contributed by atoms with E-state index in [0.717, 1.165) is 12.1 Å². The minimum atomic E-state index is -4.51. The fourth-order valence-electron chi connectivity index (χ4n) is 2.91. The lowest BCUT2D eigenvalue weighted by atomic mass is 10.2. The van der Waals surface area contributed by atoms with Gasteiger partial charge in [0.25, 0.3) is 0 Å². The van der Waals surface area contributed by atoms with Gasteiger partial charge in [0.05, 0.1) is 23.1 Å². The van der Waals surface area contributed by atoms with Crippen molar-refractivity contribution in [2.45, 2.75) is 19.3 Å². The molecule has 0 aliphatic rings. The number of imidazole rings is 1. The summed E-state index contributed by atoms with van der Waals surface area (Å²) in [4.78, 5) is 28.6. The van der Waals surface area contributed by atoms with E-state index in [2.05, 4.69) is 15.6 Å². The summed E-state index contributed by atoms with van der Waals surface area (Å²) in [6, 6.07) is 11.5. The van der Waals surface area contributed by atoms with E-state index in [9.17, 15) is 22.8 Å². The molecule has 158 valence electrons. The number of ether oxygens (including phenoxy) is 1. The van der Waals surface area contributed by atoms with Gasteiger partial charge in [-0.15, -0.1) is 0 Å². The van der Waals surface area contributed by atoms with Gasteiger partial charge in [0.1, 0.15) is 19.0 Å². The van der Waals surface area contributed by atoms with Crippen molar-refractivity contribution in [1.29, 1.82) is 0 Å². The van der Waals surface area contributed by atoms with Crippen molar-refractivity contribution in [3.8, 4) is 0 Å². The lowest BCUT2D eigenvalue weighted by Gasteiger charge is -2.12. The van der Waals surface area contributed by atoms with Crippen LogP contribution in [0, 0.1) is 0 Å². The van der Waals surface area contributed by atoms with Crippen LogP contribution in [0.4, 0.5) is 18.9 Å². The third-order valence-corrected chi connectivity index (χ3v) is 4.23. The van der Waals surface area contributed by atoms with Crippen molar-refractivity contribution >= 4 is 28.5 Å². The van der Waals surface area contributed by atoms with E-state index in [4.69, 9.17) is 4.74 Å². The number of halogens is 3. The van der Waals surface area contributed by atoms with Gasteiger partial charge in [-0.2, -0.15) is 13.2 Å². The van der Waals surface area contributed by atoms with Crippen LogP contribution in [0.15, 0.2) is 48.5 Å². The number of para-hydroxylation sites is 2. The highest BCUT2D eigenvalue weighted by molar-refractivity contribution is 5.92. The van der Waals surface area contributed by atoms with Crippen LogP contribution >= 0.6 is 0 Å². The van der Waals surface area contributed by atoms with E-state index < -0.39 is 17.6 Å². The van der Waals surface area contributed by atoms with Gasteiger partial charge in [-0.1, -0.05) is 18.2 Å². The zero-order chi connectivity index (χ0) is 21.7. The molecule has 30 heavy (non-hydrogen) atoms. The number of hydrogen-bond acceptors (Lipinski definition) is 4. The number of anilines is 1. The summed E-state index contributed by atoms with van der Waals surface area (Å²) in [5.41, 5.74) is 0.470. The molecule has 2 N–H and O–H groups in total. The maximum Gasteiger partial charge on any atom is 0.416 e. The minimum absolute atomic E-state index is 0.0363. The van der Waals surface area contributed by atoms with E-state index in [1.807, 2.05) is 0 Å². The van der Waals surface area contributed by atoms with Crippen LogP contribution in [0.5, 0.6) is 0 Å². The quantitative estimate of drug-likeness (QED) is 0.616. The number of fused-ring (bicyclic) bond motifs is 1. The van der Waals surface area contributed by atoms with E-state index >= 15 is 0 Å². The predicted molar refractivity (Wildman–Crippen MR) is 104 cm³/mol. The van der Waals surface area contributed by atoms with Crippen LogP contribution in [-0.2, 0) is 33.6 Å². The number of aromatic nitrogens is 2. The van der Waals surface area contributed by atoms with Crippen molar-refractivity contribution in [3.63, 3.8) is 0 Å². The first kappa shape index (κ1) is 21.3. The van der Waals surface area contributed by atoms with Gasteiger partial charge < -0.3 is 19.9 Å². The number of methoxy groups -OCH3 is 1. The van der Waals surface area contributed by atoms with E-state index in [-0.39, 0.29) is 31.3 Å². The van der Waals surface area contributed by atoms with Crippen LogP contribution in [0.2, 0.25) is 0 Å². The topological polar surface area (TPSA) is 85.2 Å². The lowest BCUT2D eigenvalue weighted by molar-refractivity contribution is -0.137. The molecule has 0 saturated carbocycles. The van der Waals surface area contributed by atoms with Gasteiger partial charge >= 0.3 is 6.18 Å². The number of rotatable bonds is 7. The summed E-state index contributed by atoms with van der Waals surface area (Å²) in [5, 5.41) is 5.12. The molecule has 0 atom stereocenters. The fraction of sp³-hybridized carbons (Fsp3) is 0.250. The van der Waals surface area contributed by atoms with Gasteiger partial charge in [0.15, 0.2) is 0 Å². The molecule has 7 nitrogen and oxygen atoms in total. The Labute approximate surface area is 169 Å². The van der Waals surface area contributed by atoms with Crippen molar-refractivity contribution in [2.24, 2.45) is 0 Å². The zero-order valence-electron chi connectivity index (χ0n) is 16.0. The Balaban J connectivity index is 1.79. The largest absolute Gasteiger partial charge is 0.416 e. The molecule has 10 heteroatoms. The standard InChI is InChI=1S/C20H19F3N4O3/c1-30-12-19(29)24-10-17-26-15-7-2-3-8-16(15)27(17)11-18(28)25-14-6-4-5-13(9-14)20(21,22)23/h2-9H,10-12H2,1H3,(H,24,29)(H,25,28). The van der Waals surface area contributed by atoms with Crippen LogP contribution in [0.3, 0.4) is 0 Å². The van der Waals surface area contributed by atoms with Crippen LogP contribution in [0.25, 0.3) is 11.0 Å². The first-order chi connectivity index (χ1) is 14.3. The second-order valence-electron chi connectivity index (χ2n) is 6.44. The Bertz CT molecular complexity index is 1060. The summed E-state index contributed by atoms with van der Waals surface area (Å²) in [7, 11) is 1.40. The van der Waals surface area contributed by atoms with Gasteiger partial charge in [0, 0.05) is 12.8 Å². The Morgan fingerprint density at radius 2 is 1.87 bits per heavy atom. The molecule has 2 aromatic carbocycles. The molecule has 0 bridgehead atoms. The molecule has 0 saturated heterocycles. The summed E-state index contributed by atoms with van der Waals surface area (Å²) < 4.78 is 45.0. The number of carbonyl (C=O) groups excluding carboxylic acids is 2. The lowest BCUT2D eigenvalue weighted by Crippen LogP contribution is -2.29.